The molecule has 0 unspecified atom stereocenters. The molecule has 1 aliphatic heterocycles. The number of likely N-dealkylation sites (tertiary alicyclic amines) is 1. The zero-order chi connectivity index (χ0) is 25.1. The Hall–Kier alpha value is -2.39. The number of hydrogen-bond donors (Lipinski definition) is 2. The third-order valence-corrected chi connectivity index (χ3v) is 7.57. The van der Waals surface area contributed by atoms with Crippen LogP contribution < -0.4 is 10.6 Å². The van der Waals surface area contributed by atoms with Crippen LogP contribution in [0.15, 0.2) is 24.4 Å². The van der Waals surface area contributed by atoms with Crippen LogP contribution in [0.4, 0.5) is 15.7 Å². The highest BCUT2D eigenvalue weighted by Crippen LogP contribution is 2.34. The lowest BCUT2D eigenvalue weighted by Crippen LogP contribution is -2.62. The SMILES string of the molecule is CC(C)(C)OC(=O)NC1(C(=O)N2CCC(c3cccc(Nc4ncc(Cl)s4)n3)CC2)CCCCC1. The summed E-state index contributed by atoms with van der Waals surface area (Å²) in [6, 6.07) is 5.93. The molecule has 1 aliphatic carbocycles. The van der Waals surface area contributed by atoms with E-state index in [2.05, 4.69) is 15.6 Å². The van der Waals surface area contributed by atoms with Gasteiger partial charge >= 0.3 is 6.09 Å². The van der Waals surface area contributed by atoms with Crippen LogP contribution in [-0.4, -0.2) is 51.1 Å². The van der Waals surface area contributed by atoms with E-state index in [4.69, 9.17) is 21.3 Å². The first-order valence-electron chi connectivity index (χ1n) is 12.3. The van der Waals surface area contributed by atoms with Gasteiger partial charge in [-0.2, -0.15) is 0 Å². The number of halogens is 1. The summed E-state index contributed by atoms with van der Waals surface area (Å²) in [5.74, 6) is 1.02. The van der Waals surface area contributed by atoms with Gasteiger partial charge in [-0.15, -0.1) is 0 Å². The highest BCUT2D eigenvalue weighted by atomic mass is 35.5. The maximum atomic E-state index is 13.7. The van der Waals surface area contributed by atoms with Crippen molar-refractivity contribution in [3.05, 3.63) is 34.4 Å². The molecule has 2 aromatic rings. The minimum atomic E-state index is -0.871. The minimum absolute atomic E-state index is 0.0190. The Labute approximate surface area is 215 Å². The number of anilines is 2. The van der Waals surface area contributed by atoms with Crippen LogP contribution >= 0.6 is 22.9 Å². The summed E-state index contributed by atoms with van der Waals surface area (Å²) in [4.78, 5) is 37.2. The maximum absolute atomic E-state index is 13.7. The van der Waals surface area contributed by atoms with Crippen molar-refractivity contribution in [2.45, 2.75) is 82.8 Å². The highest BCUT2D eigenvalue weighted by molar-refractivity contribution is 7.19. The summed E-state index contributed by atoms with van der Waals surface area (Å²) >= 11 is 7.34. The van der Waals surface area contributed by atoms with Gasteiger partial charge < -0.3 is 20.3 Å². The zero-order valence-electron chi connectivity index (χ0n) is 20.6. The van der Waals surface area contributed by atoms with E-state index in [0.717, 1.165) is 43.6 Å². The lowest BCUT2D eigenvalue weighted by Gasteiger charge is -2.42. The van der Waals surface area contributed by atoms with Crippen LogP contribution in [0.1, 0.15) is 77.3 Å². The minimum Gasteiger partial charge on any atom is -0.444 e. The average Bonchev–Trinajstić information content (AvgIpc) is 3.22. The molecular weight excluding hydrogens is 486 g/mol. The summed E-state index contributed by atoms with van der Waals surface area (Å²) in [7, 11) is 0. The van der Waals surface area contributed by atoms with Crippen molar-refractivity contribution < 1.29 is 14.3 Å². The molecule has 1 saturated heterocycles. The van der Waals surface area contributed by atoms with E-state index in [0.29, 0.717) is 35.4 Å². The van der Waals surface area contributed by atoms with Gasteiger partial charge in [0.25, 0.3) is 0 Å². The number of pyridine rings is 1. The van der Waals surface area contributed by atoms with Crippen molar-refractivity contribution in [1.29, 1.82) is 0 Å². The van der Waals surface area contributed by atoms with Crippen molar-refractivity contribution >= 4 is 45.9 Å². The molecule has 0 atom stereocenters. The van der Waals surface area contributed by atoms with Gasteiger partial charge in [0, 0.05) is 24.7 Å². The number of hydrogen-bond acceptors (Lipinski definition) is 7. The third-order valence-electron chi connectivity index (χ3n) is 6.54. The summed E-state index contributed by atoms with van der Waals surface area (Å²) in [5, 5.41) is 6.89. The molecule has 4 rings (SSSR count). The fourth-order valence-corrected chi connectivity index (χ4v) is 5.72. The van der Waals surface area contributed by atoms with Gasteiger partial charge in [0.1, 0.15) is 21.3 Å². The second-order valence-electron chi connectivity index (χ2n) is 10.4. The van der Waals surface area contributed by atoms with Gasteiger partial charge in [0.05, 0.1) is 6.20 Å². The molecule has 2 aromatic heterocycles. The van der Waals surface area contributed by atoms with Gasteiger partial charge in [-0.3, -0.25) is 4.79 Å². The lowest BCUT2D eigenvalue weighted by atomic mass is 9.80. The summed E-state index contributed by atoms with van der Waals surface area (Å²) in [6.07, 6.45) is 6.98. The van der Waals surface area contributed by atoms with Gasteiger partial charge in [-0.1, -0.05) is 48.3 Å². The molecule has 2 aliphatic rings. The number of nitrogens with one attached hydrogen (secondary N) is 2. The standard InChI is InChI=1S/C25H34ClN5O3S/c1-24(2,3)34-23(33)30-25(12-5-4-6-13-25)21(32)31-14-10-17(11-15-31)18-8-7-9-20(28-18)29-22-27-16-19(26)35-22/h7-9,16-17H,4-6,10-15H2,1-3H3,(H,30,33)(H,27,28,29). The normalized spacial score (nSPS) is 18.7. The van der Waals surface area contributed by atoms with Crippen molar-refractivity contribution in [1.82, 2.24) is 20.2 Å². The second kappa shape index (κ2) is 10.7. The Morgan fingerprint density at radius 3 is 2.51 bits per heavy atom. The summed E-state index contributed by atoms with van der Waals surface area (Å²) in [6.45, 7) is 6.78. The van der Waals surface area contributed by atoms with Crippen LogP contribution in [0, 0.1) is 0 Å². The first-order valence-corrected chi connectivity index (χ1v) is 13.5. The Morgan fingerprint density at radius 2 is 1.89 bits per heavy atom. The summed E-state index contributed by atoms with van der Waals surface area (Å²) in [5.41, 5.74) is -0.474. The van der Waals surface area contributed by atoms with Crippen molar-refractivity contribution in [3.8, 4) is 0 Å². The molecule has 8 nitrogen and oxygen atoms in total. The molecular formula is C25H34ClN5O3S. The number of rotatable bonds is 5. The molecule has 2 fully saturated rings. The number of ether oxygens (including phenoxy) is 1. The lowest BCUT2D eigenvalue weighted by molar-refractivity contribution is -0.141. The first kappa shape index (κ1) is 25.7. The quantitative estimate of drug-likeness (QED) is 0.513. The highest BCUT2D eigenvalue weighted by Gasteiger charge is 2.45. The van der Waals surface area contributed by atoms with Gasteiger partial charge in [0.2, 0.25) is 5.91 Å². The van der Waals surface area contributed by atoms with E-state index in [-0.39, 0.29) is 11.8 Å². The number of amides is 2. The van der Waals surface area contributed by atoms with Crippen LogP contribution in [0.25, 0.3) is 0 Å². The predicted octanol–water partition coefficient (Wildman–Crippen LogP) is 5.87. The fraction of sp³-hybridized carbons (Fsp3) is 0.600. The molecule has 190 valence electrons. The average molecular weight is 520 g/mol. The molecule has 0 aromatic carbocycles. The van der Waals surface area contributed by atoms with Crippen molar-refractivity contribution in [3.63, 3.8) is 0 Å². The zero-order valence-corrected chi connectivity index (χ0v) is 22.2. The van der Waals surface area contributed by atoms with Crippen LogP contribution in [0.3, 0.4) is 0 Å². The number of aromatic nitrogens is 2. The molecule has 2 N–H and O–H groups in total. The maximum Gasteiger partial charge on any atom is 0.408 e. The van der Waals surface area contributed by atoms with E-state index >= 15 is 0 Å². The molecule has 3 heterocycles. The number of nitrogens with zero attached hydrogens (tertiary/aromatic N) is 3. The molecule has 10 heteroatoms. The number of alkyl carbamates (subject to hydrolysis) is 1. The molecule has 0 bridgehead atoms. The first-order chi connectivity index (χ1) is 16.6. The van der Waals surface area contributed by atoms with Gasteiger partial charge in [-0.25, -0.2) is 14.8 Å². The molecule has 0 radical (unpaired) electrons. The van der Waals surface area contributed by atoms with Crippen LogP contribution in [0.5, 0.6) is 0 Å². The number of piperidine rings is 1. The molecule has 35 heavy (non-hydrogen) atoms. The molecule has 1 saturated carbocycles. The number of carbonyl (C=O) groups excluding carboxylic acids is 2. The number of carbonyl (C=O) groups is 2. The monoisotopic (exact) mass is 519 g/mol. The van der Waals surface area contributed by atoms with Gasteiger partial charge in [0.15, 0.2) is 5.13 Å². The molecule has 0 spiro atoms. The third kappa shape index (κ3) is 6.64. The smallest absolute Gasteiger partial charge is 0.408 e. The van der Waals surface area contributed by atoms with Gasteiger partial charge in [-0.05, 0) is 58.6 Å². The fourth-order valence-electron chi connectivity index (χ4n) is 4.90. The Bertz CT molecular complexity index is 1040. The van der Waals surface area contributed by atoms with Crippen molar-refractivity contribution in [2.24, 2.45) is 0 Å². The van der Waals surface area contributed by atoms with E-state index < -0.39 is 17.2 Å². The van der Waals surface area contributed by atoms with E-state index in [1.807, 2.05) is 43.9 Å². The largest absolute Gasteiger partial charge is 0.444 e. The Kier molecular flexibility index (Phi) is 7.86. The topological polar surface area (TPSA) is 96.5 Å². The summed E-state index contributed by atoms with van der Waals surface area (Å²) < 4.78 is 6.11. The Balaban J connectivity index is 1.39. The Morgan fingerprint density at radius 1 is 1.17 bits per heavy atom. The molecule has 2 amide bonds. The van der Waals surface area contributed by atoms with Crippen molar-refractivity contribution in [2.75, 3.05) is 18.4 Å². The van der Waals surface area contributed by atoms with E-state index in [1.54, 1.807) is 6.20 Å². The van der Waals surface area contributed by atoms with E-state index in [9.17, 15) is 9.59 Å². The van der Waals surface area contributed by atoms with Crippen LogP contribution in [-0.2, 0) is 9.53 Å². The van der Waals surface area contributed by atoms with E-state index in [1.165, 1.54) is 11.3 Å². The second-order valence-corrected chi connectivity index (χ2v) is 12.0. The predicted molar refractivity (Wildman–Crippen MR) is 138 cm³/mol. The van der Waals surface area contributed by atoms with Crippen LogP contribution in [0.2, 0.25) is 4.34 Å². The number of thiazole rings is 1.